The van der Waals surface area contributed by atoms with E-state index in [0.717, 1.165) is 30.5 Å². The number of aromatic nitrogens is 4. The number of likely N-dealkylation sites (N-methyl/N-ethyl adjacent to an activating group) is 1. The van der Waals surface area contributed by atoms with Crippen molar-refractivity contribution in [3.8, 4) is 0 Å². The minimum absolute atomic E-state index is 0.0582. The lowest BCUT2D eigenvalue weighted by atomic mass is 10.1. The van der Waals surface area contributed by atoms with Crippen molar-refractivity contribution >= 4 is 16.9 Å². The topological polar surface area (TPSA) is 69.7 Å². The Bertz CT molecular complexity index is 867. The molecule has 3 rings (SSSR count). The maximum Gasteiger partial charge on any atom is 0.285 e. The molecule has 1 unspecified atom stereocenters. The Balaban J connectivity index is 1.49. The van der Waals surface area contributed by atoms with Gasteiger partial charge in [0.25, 0.3) is 5.92 Å². The first-order chi connectivity index (χ1) is 13.5. The maximum atomic E-state index is 14.4. The third kappa shape index (κ3) is 5.01. The number of alkyl halides is 2. The summed E-state index contributed by atoms with van der Waals surface area (Å²) in [7, 11) is 1.74. The van der Waals surface area contributed by atoms with Crippen LogP contribution < -0.4 is 5.32 Å². The van der Waals surface area contributed by atoms with Gasteiger partial charge in [0, 0.05) is 11.6 Å². The van der Waals surface area contributed by atoms with Gasteiger partial charge in [-0.25, -0.2) is 9.97 Å². The lowest BCUT2D eigenvalue weighted by Gasteiger charge is -2.25. The molecule has 0 radical (unpaired) electrons. The highest BCUT2D eigenvalue weighted by Crippen LogP contribution is 2.28. The molecule has 2 heterocycles. The zero-order valence-electron chi connectivity index (χ0n) is 16.2. The van der Waals surface area contributed by atoms with Crippen LogP contribution in [0.1, 0.15) is 31.7 Å². The molecule has 0 aliphatic heterocycles. The molecule has 150 valence electrons. The summed E-state index contributed by atoms with van der Waals surface area (Å²) in [6.07, 6.45) is 5.78. The highest BCUT2D eigenvalue weighted by molar-refractivity contribution is 5.85. The van der Waals surface area contributed by atoms with E-state index >= 15 is 0 Å². The first-order valence-corrected chi connectivity index (χ1v) is 9.52. The highest BCUT2D eigenvalue weighted by atomic mass is 19.3. The van der Waals surface area contributed by atoms with E-state index in [-0.39, 0.29) is 18.2 Å². The van der Waals surface area contributed by atoms with Gasteiger partial charge in [0.15, 0.2) is 5.65 Å². The summed E-state index contributed by atoms with van der Waals surface area (Å²) in [5.41, 5.74) is 0.748. The lowest BCUT2D eigenvalue weighted by molar-refractivity contribution is -0.0323. The Morgan fingerprint density at radius 1 is 1.21 bits per heavy atom. The van der Waals surface area contributed by atoms with Gasteiger partial charge in [0.05, 0.1) is 18.1 Å². The second kappa shape index (κ2) is 9.05. The number of nitrogens with one attached hydrogen (secondary N) is 2. The van der Waals surface area contributed by atoms with Crippen LogP contribution in [0.15, 0.2) is 42.9 Å². The van der Waals surface area contributed by atoms with E-state index < -0.39 is 5.92 Å². The molecule has 0 bridgehead atoms. The maximum absolute atomic E-state index is 14.4. The van der Waals surface area contributed by atoms with Crippen LogP contribution in [0, 0.1) is 0 Å². The van der Waals surface area contributed by atoms with Crippen LogP contribution in [0.3, 0.4) is 0 Å². The first kappa shape index (κ1) is 20.1. The average molecular weight is 388 g/mol. The van der Waals surface area contributed by atoms with E-state index in [2.05, 4.69) is 32.4 Å². The van der Waals surface area contributed by atoms with Gasteiger partial charge in [0.2, 0.25) is 0 Å². The van der Waals surface area contributed by atoms with Crippen LogP contribution in [-0.2, 0) is 5.92 Å². The van der Waals surface area contributed by atoms with E-state index in [1.54, 1.807) is 36.3 Å². The second-order valence-corrected chi connectivity index (χ2v) is 7.05. The molecule has 1 atom stereocenters. The van der Waals surface area contributed by atoms with Crippen molar-refractivity contribution in [3.05, 3.63) is 48.4 Å². The Kier molecular flexibility index (Phi) is 6.51. The van der Waals surface area contributed by atoms with Crippen molar-refractivity contribution in [3.63, 3.8) is 0 Å². The normalized spacial score (nSPS) is 13.2. The lowest BCUT2D eigenvalue weighted by Crippen LogP contribution is -2.33. The summed E-state index contributed by atoms with van der Waals surface area (Å²) < 4.78 is 28.8. The number of nitrogens with zero attached hydrogens (tertiary/aromatic N) is 4. The van der Waals surface area contributed by atoms with Gasteiger partial charge in [-0.3, -0.25) is 5.10 Å². The Labute approximate surface area is 163 Å². The molecule has 2 N–H and O–H groups in total. The van der Waals surface area contributed by atoms with Gasteiger partial charge >= 0.3 is 0 Å². The van der Waals surface area contributed by atoms with Crippen LogP contribution in [0.25, 0.3) is 11.0 Å². The van der Waals surface area contributed by atoms with Crippen LogP contribution >= 0.6 is 0 Å². The number of aromatic amines is 1. The minimum atomic E-state index is -2.85. The van der Waals surface area contributed by atoms with Gasteiger partial charge in [-0.1, -0.05) is 37.3 Å². The molecule has 28 heavy (non-hydrogen) atoms. The molecular weight excluding hydrogens is 362 g/mol. The third-order valence-electron chi connectivity index (χ3n) is 4.84. The van der Waals surface area contributed by atoms with E-state index in [4.69, 9.17) is 0 Å². The predicted molar refractivity (Wildman–Crippen MR) is 106 cm³/mol. The van der Waals surface area contributed by atoms with Gasteiger partial charge in [-0.2, -0.15) is 13.9 Å². The van der Waals surface area contributed by atoms with Gasteiger partial charge in [-0.15, -0.1) is 0 Å². The molecule has 0 amide bonds. The SMILES string of the molecule is CCC(CCCN(C)CC(F)(F)c1ccccc1)Nc1ncnc2[nH]ncc12. The van der Waals surface area contributed by atoms with Gasteiger partial charge in [0.1, 0.15) is 12.1 Å². The van der Waals surface area contributed by atoms with Crippen LogP contribution in [0.4, 0.5) is 14.6 Å². The van der Waals surface area contributed by atoms with Crippen LogP contribution in [-0.4, -0.2) is 51.2 Å². The largest absolute Gasteiger partial charge is 0.367 e. The van der Waals surface area contributed by atoms with Gasteiger partial charge in [-0.05, 0) is 32.9 Å². The Hall–Kier alpha value is -2.61. The average Bonchev–Trinajstić information content (AvgIpc) is 3.17. The molecule has 1 aromatic carbocycles. The fourth-order valence-electron chi connectivity index (χ4n) is 3.25. The summed E-state index contributed by atoms with van der Waals surface area (Å²) in [5, 5.41) is 11.1. The van der Waals surface area contributed by atoms with Crippen molar-refractivity contribution in [2.75, 3.05) is 25.5 Å². The zero-order chi connectivity index (χ0) is 20.0. The molecule has 0 saturated heterocycles. The predicted octanol–water partition coefficient (Wildman–Crippen LogP) is 4.05. The summed E-state index contributed by atoms with van der Waals surface area (Å²) in [6.45, 7) is 2.41. The number of halogens is 2. The summed E-state index contributed by atoms with van der Waals surface area (Å²) >= 11 is 0. The fourth-order valence-corrected chi connectivity index (χ4v) is 3.25. The number of benzene rings is 1. The molecule has 2 aromatic heterocycles. The van der Waals surface area contributed by atoms with Crippen molar-refractivity contribution < 1.29 is 8.78 Å². The second-order valence-electron chi connectivity index (χ2n) is 7.05. The zero-order valence-corrected chi connectivity index (χ0v) is 16.2. The Morgan fingerprint density at radius 2 is 2.00 bits per heavy atom. The summed E-state index contributed by atoms with van der Waals surface area (Å²) in [6, 6.07) is 8.19. The number of hydrogen-bond acceptors (Lipinski definition) is 5. The fraction of sp³-hybridized carbons (Fsp3) is 0.450. The molecule has 0 spiro atoms. The molecule has 6 nitrogen and oxygen atoms in total. The standard InChI is InChI=1S/C20H26F2N6/c1-3-16(26-18-17-12-25-27-19(17)24-14-23-18)10-7-11-28(2)13-20(21,22)15-8-5-4-6-9-15/h4-6,8-9,12,14,16H,3,7,10-11,13H2,1-2H3,(H2,23,24,25,26,27). The molecule has 0 saturated carbocycles. The number of H-pyrrole nitrogens is 1. The number of fused-ring (bicyclic) bond motifs is 1. The summed E-state index contributed by atoms with van der Waals surface area (Å²) in [5.74, 6) is -2.11. The van der Waals surface area contributed by atoms with Crippen molar-refractivity contribution in [2.24, 2.45) is 0 Å². The monoisotopic (exact) mass is 388 g/mol. The molecule has 0 fully saturated rings. The minimum Gasteiger partial charge on any atom is -0.367 e. The molecule has 0 aliphatic carbocycles. The quantitative estimate of drug-likeness (QED) is 0.548. The van der Waals surface area contributed by atoms with Gasteiger partial charge < -0.3 is 10.2 Å². The van der Waals surface area contributed by atoms with Crippen molar-refractivity contribution in [2.45, 2.75) is 38.2 Å². The number of anilines is 1. The number of hydrogen-bond donors (Lipinski definition) is 2. The van der Waals surface area contributed by atoms with Crippen molar-refractivity contribution in [1.82, 2.24) is 25.1 Å². The molecular formula is C20H26F2N6. The third-order valence-corrected chi connectivity index (χ3v) is 4.84. The highest BCUT2D eigenvalue weighted by Gasteiger charge is 2.32. The first-order valence-electron chi connectivity index (χ1n) is 9.52. The van der Waals surface area contributed by atoms with E-state index in [1.807, 2.05) is 0 Å². The number of rotatable bonds is 10. The molecule has 0 aliphatic rings. The Morgan fingerprint density at radius 3 is 2.75 bits per heavy atom. The smallest absolute Gasteiger partial charge is 0.285 e. The summed E-state index contributed by atoms with van der Waals surface area (Å²) in [4.78, 5) is 10.1. The van der Waals surface area contributed by atoms with Crippen LogP contribution in [0.2, 0.25) is 0 Å². The van der Waals surface area contributed by atoms with E-state index in [9.17, 15) is 8.78 Å². The van der Waals surface area contributed by atoms with Crippen molar-refractivity contribution in [1.29, 1.82) is 0 Å². The molecule has 3 aromatic rings. The van der Waals surface area contributed by atoms with E-state index in [0.29, 0.717) is 12.2 Å². The molecule has 8 heteroatoms. The van der Waals surface area contributed by atoms with Crippen LogP contribution in [0.5, 0.6) is 0 Å². The van der Waals surface area contributed by atoms with E-state index in [1.165, 1.54) is 18.5 Å².